The number of nitrogens with zero attached hydrogens (tertiary/aromatic N) is 3. The molecular formula is C21H22BrN5O2. The van der Waals surface area contributed by atoms with Gasteiger partial charge in [-0.1, -0.05) is 22.0 Å². The molecule has 0 amide bonds. The molecule has 3 aromatic rings. The standard InChI is InChI=1S/C21H22BrN5O2/c22-14-2-1-3-15(8-14)26-21-17-9-20-19(10-18(17)24-13-25-21)28-12-16(29-20)11-27-6-4-23-5-7-27/h1-3,8-10,13,16,23H,4-7,11-12H2,(H,24,25,26). The molecule has 1 atom stereocenters. The zero-order chi connectivity index (χ0) is 19.6. The number of piperazine rings is 1. The molecule has 2 aromatic carbocycles. The Kier molecular flexibility index (Phi) is 5.22. The van der Waals surface area contributed by atoms with Gasteiger partial charge in [-0.15, -0.1) is 0 Å². The Morgan fingerprint density at radius 1 is 1.14 bits per heavy atom. The van der Waals surface area contributed by atoms with Crippen LogP contribution in [0, 0.1) is 0 Å². The molecule has 1 unspecified atom stereocenters. The van der Waals surface area contributed by atoms with Crippen LogP contribution in [0.2, 0.25) is 0 Å². The van der Waals surface area contributed by atoms with Crippen LogP contribution in [-0.4, -0.2) is 60.3 Å². The number of nitrogens with one attached hydrogen (secondary N) is 2. The Labute approximate surface area is 177 Å². The first kappa shape index (κ1) is 18.6. The molecule has 2 N–H and O–H groups in total. The van der Waals surface area contributed by atoms with Crippen molar-refractivity contribution in [2.24, 2.45) is 0 Å². The molecule has 0 aliphatic carbocycles. The van der Waals surface area contributed by atoms with E-state index in [0.717, 1.165) is 71.1 Å². The van der Waals surface area contributed by atoms with E-state index in [1.54, 1.807) is 6.33 Å². The second-order valence-corrected chi connectivity index (χ2v) is 8.19. The normalized spacial score (nSPS) is 19.3. The topological polar surface area (TPSA) is 71.5 Å². The minimum Gasteiger partial charge on any atom is -0.486 e. The Balaban J connectivity index is 1.41. The van der Waals surface area contributed by atoms with Crippen LogP contribution in [0.15, 0.2) is 47.2 Å². The quantitative estimate of drug-likeness (QED) is 0.625. The molecule has 0 saturated carbocycles. The van der Waals surface area contributed by atoms with Gasteiger partial charge in [0.25, 0.3) is 0 Å². The maximum atomic E-state index is 6.29. The summed E-state index contributed by atoms with van der Waals surface area (Å²) in [5, 5.41) is 7.66. The third-order valence-electron chi connectivity index (χ3n) is 5.18. The summed E-state index contributed by atoms with van der Waals surface area (Å²) in [6, 6.07) is 11.9. The average molecular weight is 456 g/mol. The maximum Gasteiger partial charge on any atom is 0.163 e. The summed E-state index contributed by atoms with van der Waals surface area (Å²) in [5.74, 6) is 2.22. The van der Waals surface area contributed by atoms with Gasteiger partial charge < -0.3 is 20.1 Å². The summed E-state index contributed by atoms with van der Waals surface area (Å²) in [4.78, 5) is 11.3. The molecule has 3 heterocycles. The van der Waals surface area contributed by atoms with E-state index in [-0.39, 0.29) is 6.10 Å². The number of halogens is 1. The molecule has 7 nitrogen and oxygen atoms in total. The van der Waals surface area contributed by atoms with Crippen molar-refractivity contribution in [2.45, 2.75) is 6.10 Å². The summed E-state index contributed by atoms with van der Waals surface area (Å²) < 4.78 is 13.3. The number of anilines is 2. The van der Waals surface area contributed by atoms with Gasteiger partial charge in [-0.3, -0.25) is 4.90 Å². The fourth-order valence-electron chi connectivity index (χ4n) is 3.74. The number of fused-ring (bicyclic) bond motifs is 2. The molecule has 1 fully saturated rings. The highest BCUT2D eigenvalue weighted by molar-refractivity contribution is 9.10. The second kappa shape index (κ2) is 8.14. The first-order chi connectivity index (χ1) is 14.2. The molecule has 0 radical (unpaired) electrons. The average Bonchev–Trinajstić information content (AvgIpc) is 2.74. The van der Waals surface area contributed by atoms with Crippen molar-refractivity contribution >= 4 is 38.3 Å². The number of benzene rings is 2. The summed E-state index contributed by atoms with van der Waals surface area (Å²) in [6.07, 6.45) is 1.58. The molecular weight excluding hydrogens is 434 g/mol. The molecule has 2 aliphatic heterocycles. The van der Waals surface area contributed by atoms with Gasteiger partial charge >= 0.3 is 0 Å². The predicted octanol–water partition coefficient (Wildman–Crippen LogP) is 3.18. The molecule has 0 spiro atoms. The zero-order valence-corrected chi connectivity index (χ0v) is 17.5. The lowest BCUT2D eigenvalue weighted by molar-refractivity contribution is 0.0555. The van der Waals surface area contributed by atoms with Crippen LogP contribution in [0.3, 0.4) is 0 Å². The Hall–Kier alpha value is -2.42. The Morgan fingerprint density at radius 2 is 2.03 bits per heavy atom. The number of aromatic nitrogens is 2. The summed E-state index contributed by atoms with van der Waals surface area (Å²) in [5.41, 5.74) is 1.77. The molecule has 1 saturated heterocycles. The number of ether oxygens (including phenoxy) is 2. The molecule has 0 bridgehead atoms. The molecule has 29 heavy (non-hydrogen) atoms. The lowest BCUT2D eigenvalue weighted by Crippen LogP contribution is -2.49. The first-order valence-corrected chi connectivity index (χ1v) is 10.6. The molecule has 8 heteroatoms. The van der Waals surface area contributed by atoms with Gasteiger partial charge in [0.2, 0.25) is 0 Å². The summed E-state index contributed by atoms with van der Waals surface area (Å²) in [7, 11) is 0. The van der Waals surface area contributed by atoms with Crippen molar-refractivity contribution in [1.82, 2.24) is 20.2 Å². The number of hydrogen-bond acceptors (Lipinski definition) is 7. The van der Waals surface area contributed by atoms with E-state index in [4.69, 9.17) is 9.47 Å². The number of rotatable bonds is 4. The van der Waals surface area contributed by atoms with Gasteiger partial charge in [-0.25, -0.2) is 9.97 Å². The molecule has 150 valence electrons. The van der Waals surface area contributed by atoms with E-state index in [9.17, 15) is 0 Å². The SMILES string of the molecule is Brc1cccc(Nc2ncnc3cc4c(cc23)OC(CN2CCNCC2)CO4)c1. The van der Waals surface area contributed by atoms with Crippen molar-refractivity contribution in [2.75, 3.05) is 44.6 Å². The van der Waals surface area contributed by atoms with Crippen LogP contribution in [0.4, 0.5) is 11.5 Å². The molecule has 1 aromatic heterocycles. The summed E-state index contributed by atoms with van der Waals surface area (Å²) in [6.45, 7) is 5.55. The fraction of sp³-hybridized carbons (Fsp3) is 0.333. The first-order valence-electron chi connectivity index (χ1n) is 9.78. The smallest absolute Gasteiger partial charge is 0.163 e. The third-order valence-corrected chi connectivity index (χ3v) is 5.67. The Bertz CT molecular complexity index is 1030. The van der Waals surface area contributed by atoms with Crippen molar-refractivity contribution in [3.05, 3.63) is 47.2 Å². The number of hydrogen-bond donors (Lipinski definition) is 2. The van der Waals surface area contributed by atoms with Crippen LogP contribution < -0.4 is 20.1 Å². The highest BCUT2D eigenvalue weighted by Gasteiger charge is 2.25. The van der Waals surface area contributed by atoms with Gasteiger partial charge in [0.15, 0.2) is 11.5 Å². The maximum absolute atomic E-state index is 6.29. The molecule has 5 rings (SSSR count). The summed E-state index contributed by atoms with van der Waals surface area (Å²) >= 11 is 3.50. The van der Waals surface area contributed by atoms with Crippen molar-refractivity contribution in [3.8, 4) is 11.5 Å². The van der Waals surface area contributed by atoms with E-state index in [1.807, 2.05) is 36.4 Å². The van der Waals surface area contributed by atoms with Gasteiger partial charge in [0.1, 0.15) is 24.9 Å². The van der Waals surface area contributed by atoms with Crippen LogP contribution in [-0.2, 0) is 0 Å². The van der Waals surface area contributed by atoms with Gasteiger partial charge in [0, 0.05) is 54.3 Å². The Morgan fingerprint density at radius 3 is 2.90 bits per heavy atom. The van der Waals surface area contributed by atoms with E-state index >= 15 is 0 Å². The minimum absolute atomic E-state index is 0.0177. The highest BCUT2D eigenvalue weighted by Crippen LogP contribution is 2.37. The monoisotopic (exact) mass is 455 g/mol. The van der Waals surface area contributed by atoms with Crippen LogP contribution in [0.1, 0.15) is 0 Å². The van der Waals surface area contributed by atoms with Crippen molar-refractivity contribution in [1.29, 1.82) is 0 Å². The lowest BCUT2D eigenvalue weighted by atomic mass is 10.1. The zero-order valence-electron chi connectivity index (χ0n) is 15.9. The van der Waals surface area contributed by atoms with E-state index in [1.165, 1.54) is 0 Å². The van der Waals surface area contributed by atoms with Crippen LogP contribution in [0.5, 0.6) is 11.5 Å². The van der Waals surface area contributed by atoms with Crippen molar-refractivity contribution < 1.29 is 9.47 Å². The van der Waals surface area contributed by atoms with E-state index < -0.39 is 0 Å². The van der Waals surface area contributed by atoms with Gasteiger partial charge in [-0.2, -0.15) is 0 Å². The van der Waals surface area contributed by atoms with Gasteiger partial charge in [0.05, 0.1) is 5.52 Å². The van der Waals surface area contributed by atoms with Gasteiger partial charge in [-0.05, 0) is 24.3 Å². The third kappa shape index (κ3) is 4.14. The van der Waals surface area contributed by atoms with Crippen LogP contribution >= 0.6 is 15.9 Å². The fourth-order valence-corrected chi connectivity index (χ4v) is 4.14. The largest absolute Gasteiger partial charge is 0.486 e. The lowest BCUT2D eigenvalue weighted by Gasteiger charge is -2.33. The van der Waals surface area contributed by atoms with E-state index in [2.05, 4.69) is 41.4 Å². The molecule has 2 aliphatic rings. The minimum atomic E-state index is 0.0177. The highest BCUT2D eigenvalue weighted by atomic mass is 79.9. The van der Waals surface area contributed by atoms with Crippen LogP contribution in [0.25, 0.3) is 10.9 Å². The predicted molar refractivity (Wildman–Crippen MR) is 116 cm³/mol. The van der Waals surface area contributed by atoms with Crippen molar-refractivity contribution in [3.63, 3.8) is 0 Å². The second-order valence-electron chi connectivity index (χ2n) is 7.28. The van der Waals surface area contributed by atoms with E-state index in [0.29, 0.717) is 6.61 Å².